The lowest BCUT2D eigenvalue weighted by Gasteiger charge is -2.20. The molecular weight excluding hydrogens is 297 g/mol. The second kappa shape index (κ2) is 7.00. The molecule has 0 amide bonds. The second-order valence-electron chi connectivity index (χ2n) is 5.17. The highest BCUT2D eigenvalue weighted by atomic mass is 32.2. The molecule has 0 unspecified atom stereocenters. The Morgan fingerprint density at radius 2 is 2.05 bits per heavy atom. The summed E-state index contributed by atoms with van der Waals surface area (Å²) in [5, 5.41) is 9.09. The predicted molar refractivity (Wildman–Crippen MR) is 77.8 cm³/mol. The summed E-state index contributed by atoms with van der Waals surface area (Å²) in [5.41, 5.74) is 0.700. The van der Waals surface area contributed by atoms with Crippen molar-refractivity contribution in [3.63, 3.8) is 0 Å². The molecule has 7 heteroatoms. The first kappa shape index (κ1) is 17.6. The summed E-state index contributed by atoms with van der Waals surface area (Å²) < 4.78 is 39.9. The van der Waals surface area contributed by atoms with Crippen LogP contribution in [-0.2, 0) is 20.6 Å². The number of hydrogen-bond acceptors (Lipinski definition) is 3. The molecule has 0 saturated heterocycles. The van der Waals surface area contributed by atoms with Gasteiger partial charge < -0.3 is 5.11 Å². The van der Waals surface area contributed by atoms with Crippen LogP contribution in [0.5, 0.6) is 0 Å². The summed E-state index contributed by atoms with van der Waals surface area (Å²) in [4.78, 5) is 11.1. The van der Waals surface area contributed by atoms with E-state index in [-0.39, 0.29) is 11.5 Å². The van der Waals surface area contributed by atoms with E-state index in [1.54, 1.807) is 26.8 Å². The zero-order valence-electron chi connectivity index (χ0n) is 12.3. The molecule has 1 aromatic carbocycles. The van der Waals surface area contributed by atoms with Crippen molar-refractivity contribution in [1.82, 2.24) is 4.72 Å². The van der Waals surface area contributed by atoms with Gasteiger partial charge in [0, 0.05) is 5.56 Å². The van der Waals surface area contributed by atoms with Crippen molar-refractivity contribution in [2.24, 2.45) is 5.92 Å². The van der Waals surface area contributed by atoms with E-state index in [0.29, 0.717) is 12.0 Å². The molecule has 0 aliphatic heterocycles. The van der Waals surface area contributed by atoms with Crippen LogP contribution in [0.3, 0.4) is 0 Å². The third-order valence-corrected chi connectivity index (χ3v) is 4.64. The van der Waals surface area contributed by atoms with Crippen molar-refractivity contribution < 1.29 is 22.7 Å². The number of hydrogen-bond donors (Lipinski definition) is 2. The summed E-state index contributed by atoms with van der Waals surface area (Å²) in [6, 6.07) is 3.03. The first-order chi connectivity index (χ1) is 9.66. The van der Waals surface area contributed by atoms with Crippen LogP contribution in [0.15, 0.2) is 18.2 Å². The maximum atomic E-state index is 13.7. The zero-order valence-corrected chi connectivity index (χ0v) is 13.1. The number of nitrogens with one attached hydrogen (secondary N) is 1. The van der Waals surface area contributed by atoms with E-state index in [1.165, 1.54) is 12.1 Å². The molecule has 2 atom stereocenters. The fourth-order valence-corrected chi connectivity index (χ4v) is 3.30. The number of rotatable bonds is 7. The van der Waals surface area contributed by atoms with Crippen molar-refractivity contribution in [2.45, 2.75) is 39.0 Å². The molecule has 0 saturated carbocycles. The second-order valence-corrected chi connectivity index (χ2v) is 6.93. The smallest absolute Gasteiger partial charge is 0.322 e. The monoisotopic (exact) mass is 317 g/mol. The predicted octanol–water partition coefficient (Wildman–Crippen LogP) is 2.05. The third-order valence-electron chi connectivity index (χ3n) is 3.34. The highest BCUT2D eigenvalue weighted by Crippen LogP contribution is 2.15. The van der Waals surface area contributed by atoms with E-state index in [4.69, 9.17) is 5.11 Å². The van der Waals surface area contributed by atoms with Crippen LogP contribution in [0, 0.1) is 18.7 Å². The molecule has 5 nitrogen and oxygen atoms in total. The first-order valence-electron chi connectivity index (χ1n) is 6.64. The van der Waals surface area contributed by atoms with Crippen LogP contribution < -0.4 is 4.72 Å². The minimum absolute atomic E-state index is 0.0152. The maximum Gasteiger partial charge on any atom is 0.322 e. The van der Waals surface area contributed by atoms with Crippen molar-refractivity contribution in [3.05, 3.63) is 35.1 Å². The van der Waals surface area contributed by atoms with Gasteiger partial charge in [0.05, 0.1) is 5.75 Å². The van der Waals surface area contributed by atoms with Crippen LogP contribution in [-0.4, -0.2) is 25.5 Å². The van der Waals surface area contributed by atoms with Crippen LogP contribution in [0.25, 0.3) is 0 Å². The van der Waals surface area contributed by atoms with Crippen molar-refractivity contribution >= 4 is 16.0 Å². The fraction of sp³-hybridized carbons (Fsp3) is 0.500. The van der Waals surface area contributed by atoms with Gasteiger partial charge in [-0.15, -0.1) is 0 Å². The number of aliphatic carboxylic acids is 1. The average Bonchev–Trinajstić information content (AvgIpc) is 2.38. The van der Waals surface area contributed by atoms with E-state index in [0.717, 1.165) is 0 Å². The van der Waals surface area contributed by atoms with Crippen molar-refractivity contribution in [1.29, 1.82) is 0 Å². The number of carboxylic acid groups (broad SMARTS) is 1. The van der Waals surface area contributed by atoms with Gasteiger partial charge in [0.1, 0.15) is 11.9 Å². The topological polar surface area (TPSA) is 83.5 Å². The van der Waals surface area contributed by atoms with Crippen LogP contribution in [0.1, 0.15) is 31.4 Å². The maximum absolute atomic E-state index is 13.7. The first-order valence-corrected chi connectivity index (χ1v) is 8.29. The minimum Gasteiger partial charge on any atom is -0.480 e. The van der Waals surface area contributed by atoms with E-state index in [2.05, 4.69) is 4.72 Å². The molecule has 1 aromatic rings. The highest BCUT2D eigenvalue weighted by molar-refractivity contribution is 7.88. The molecule has 0 radical (unpaired) electrons. The lowest BCUT2D eigenvalue weighted by molar-refractivity contribution is -0.140. The highest BCUT2D eigenvalue weighted by Gasteiger charge is 2.28. The van der Waals surface area contributed by atoms with Crippen molar-refractivity contribution in [3.8, 4) is 0 Å². The molecule has 0 spiro atoms. The molecule has 0 fully saturated rings. The van der Waals surface area contributed by atoms with Gasteiger partial charge in [-0.1, -0.05) is 32.4 Å². The quantitative estimate of drug-likeness (QED) is 0.806. The standard InChI is InChI=1S/C14H20FNO4S/c1-4-10(3)13(14(17)18)16-21(19,20)8-11-6-5-9(2)7-12(11)15/h5-7,10,13,16H,4,8H2,1-3H3,(H,17,18)/t10-,13-/m0/s1. The van der Waals surface area contributed by atoms with Crippen LogP contribution in [0.2, 0.25) is 0 Å². The number of benzene rings is 1. The van der Waals surface area contributed by atoms with Gasteiger partial charge in [0.15, 0.2) is 0 Å². The summed E-state index contributed by atoms with van der Waals surface area (Å²) >= 11 is 0. The van der Waals surface area contributed by atoms with Crippen LogP contribution >= 0.6 is 0 Å². The Labute approximate surface area is 124 Å². The lowest BCUT2D eigenvalue weighted by atomic mass is 10.0. The van der Waals surface area contributed by atoms with Gasteiger partial charge in [-0.25, -0.2) is 17.5 Å². The summed E-state index contributed by atoms with van der Waals surface area (Å²) in [5.74, 6) is -2.80. The normalized spacial score (nSPS) is 14.7. The van der Waals surface area contributed by atoms with Crippen molar-refractivity contribution in [2.75, 3.05) is 0 Å². The molecule has 0 aromatic heterocycles. The summed E-state index contributed by atoms with van der Waals surface area (Å²) in [6.45, 7) is 5.12. The minimum atomic E-state index is -3.94. The Hall–Kier alpha value is -1.47. The molecule has 2 N–H and O–H groups in total. The van der Waals surface area contributed by atoms with Gasteiger partial charge in [0.25, 0.3) is 0 Å². The molecule has 0 bridgehead atoms. The molecule has 0 heterocycles. The number of carboxylic acids is 1. The van der Waals surface area contributed by atoms with E-state index in [9.17, 15) is 17.6 Å². The molecule has 21 heavy (non-hydrogen) atoms. The number of sulfonamides is 1. The lowest BCUT2D eigenvalue weighted by Crippen LogP contribution is -2.45. The van der Waals surface area contributed by atoms with Crippen LogP contribution in [0.4, 0.5) is 4.39 Å². The zero-order chi connectivity index (χ0) is 16.2. The summed E-state index contributed by atoms with van der Waals surface area (Å²) in [7, 11) is -3.94. The number of halogens is 1. The number of carbonyl (C=O) groups is 1. The third kappa shape index (κ3) is 5.09. The van der Waals surface area contributed by atoms with E-state index in [1.807, 2.05) is 0 Å². The van der Waals surface area contributed by atoms with Gasteiger partial charge in [-0.3, -0.25) is 4.79 Å². The molecule has 118 valence electrons. The van der Waals surface area contributed by atoms with Gasteiger partial charge >= 0.3 is 5.97 Å². The van der Waals surface area contributed by atoms with Gasteiger partial charge in [-0.2, -0.15) is 0 Å². The van der Waals surface area contributed by atoms with Gasteiger partial charge in [0.2, 0.25) is 10.0 Å². The van der Waals surface area contributed by atoms with E-state index >= 15 is 0 Å². The Balaban J connectivity index is 2.93. The van der Waals surface area contributed by atoms with Gasteiger partial charge in [-0.05, 0) is 24.5 Å². The largest absolute Gasteiger partial charge is 0.480 e. The fourth-order valence-electron chi connectivity index (χ4n) is 1.85. The molecular formula is C14H20FNO4S. The SMILES string of the molecule is CC[C@H](C)[C@H](NS(=O)(=O)Cc1ccc(C)cc1F)C(=O)O. The Kier molecular flexibility index (Phi) is 5.86. The molecule has 0 aliphatic carbocycles. The summed E-state index contributed by atoms with van der Waals surface area (Å²) in [6.07, 6.45) is 0.512. The van der Waals surface area contributed by atoms with E-state index < -0.39 is 33.6 Å². The Morgan fingerprint density at radius 1 is 1.43 bits per heavy atom. The molecule has 1 rings (SSSR count). The Bertz CT molecular complexity index is 615. The average molecular weight is 317 g/mol. The molecule has 0 aliphatic rings. The number of aryl methyl sites for hydroxylation is 1. The Morgan fingerprint density at radius 3 is 2.52 bits per heavy atom.